The number of hydrogen-bond donors (Lipinski definition) is 2. The Hall–Kier alpha value is -2.03. The highest BCUT2D eigenvalue weighted by Crippen LogP contribution is 2.20. The van der Waals surface area contributed by atoms with Crippen molar-refractivity contribution in [2.75, 3.05) is 30.5 Å². The molecule has 0 unspecified atom stereocenters. The summed E-state index contributed by atoms with van der Waals surface area (Å²) in [5.41, 5.74) is 4.98. The van der Waals surface area contributed by atoms with Crippen LogP contribution in [-0.2, 0) is 0 Å². The second-order valence-corrected chi connectivity index (χ2v) is 4.68. The number of nitro groups is 1. The van der Waals surface area contributed by atoms with Gasteiger partial charge in [0.05, 0.1) is 4.92 Å². The molecule has 0 aliphatic carbocycles. The standard InChI is InChI=1S/C10H15N5O3S/c1-14(5-6-19-2)8-4-3-7(15(17)18)9(12-8)10(11)13-16/h3-4,16H,5-6H2,1-2H3,(H2,11,13). The fourth-order valence-electron chi connectivity index (χ4n) is 1.38. The molecule has 1 aromatic rings. The summed E-state index contributed by atoms with van der Waals surface area (Å²) in [6.07, 6.45) is 1.99. The van der Waals surface area contributed by atoms with E-state index in [0.29, 0.717) is 5.82 Å². The maximum absolute atomic E-state index is 10.9. The second-order valence-electron chi connectivity index (χ2n) is 3.69. The molecule has 0 spiro atoms. The molecule has 0 fully saturated rings. The fraction of sp³-hybridized carbons (Fsp3) is 0.400. The fourth-order valence-corrected chi connectivity index (χ4v) is 1.84. The van der Waals surface area contributed by atoms with Gasteiger partial charge in [-0.3, -0.25) is 10.1 Å². The van der Waals surface area contributed by atoms with Crippen molar-refractivity contribution < 1.29 is 10.1 Å². The molecule has 3 N–H and O–H groups in total. The largest absolute Gasteiger partial charge is 0.409 e. The number of hydrogen-bond acceptors (Lipinski definition) is 7. The monoisotopic (exact) mass is 285 g/mol. The molecule has 104 valence electrons. The second kappa shape index (κ2) is 6.78. The van der Waals surface area contributed by atoms with Crippen molar-refractivity contribution in [3.8, 4) is 0 Å². The van der Waals surface area contributed by atoms with Crippen LogP contribution in [0.3, 0.4) is 0 Å². The van der Waals surface area contributed by atoms with Crippen molar-refractivity contribution in [2.24, 2.45) is 10.9 Å². The molecule has 0 atom stereocenters. The molecule has 0 saturated carbocycles. The van der Waals surface area contributed by atoms with Crippen LogP contribution in [0.25, 0.3) is 0 Å². The van der Waals surface area contributed by atoms with Crippen LogP contribution >= 0.6 is 11.8 Å². The third-order valence-electron chi connectivity index (χ3n) is 2.43. The number of oxime groups is 1. The maximum atomic E-state index is 10.9. The van der Waals surface area contributed by atoms with Crippen molar-refractivity contribution >= 4 is 29.1 Å². The highest BCUT2D eigenvalue weighted by molar-refractivity contribution is 7.98. The van der Waals surface area contributed by atoms with Gasteiger partial charge in [-0.1, -0.05) is 5.16 Å². The van der Waals surface area contributed by atoms with Gasteiger partial charge in [-0.15, -0.1) is 0 Å². The number of anilines is 1. The number of aromatic nitrogens is 1. The normalized spacial score (nSPS) is 11.4. The Morgan fingerprint density at radius 2 is 2.37 bits per heavy atom. The Kier molecular flexibility index (Phi) is 5.37. The molecule has 1 rings (SSSR count). The lowest BCUT2D eigenvalue weighted by atomic mass is 10.2. The van der Waals surface area contributed by atoms with Crippen LogP contribution in [0.4, 0.5) is 11.5 Å². The molecule has 0 saturated heterocycles. The van der Waals surface area contributed by atoms with Gasteiger partial charge in [0.15, 0.2) is 11.5 Å². The topological polar surface area (TPSA) is 118 Å². The average Bonchev–Trinajstić information content (AvgIpc) is 2.42. The molecule has 9 heteroatoms. The van der Waals surface area contributed by atoms with Gasteiger partial charge >= 0.3 is 0 Å². The lowest BCUT2D eigenvalue weighted by molar-refractivity contribution is -0.385. The molecule has 19 heavy (non-hydrogen) atoms. The molecule has 0 aromatic carbocycles. The van der Waals surface area contributed by atoms with Crippen molar-refractivity contribution in [1.29, 1.82) is 0 Å². The zero-order valence-electron chi connectivity index (χ0n) is 10.6. The minimum atomic E-state index is -0.619. The first-order chi connectivity index (χ1) is 9.01. The number of rotatable bonds is 6. The number of pyridine rings is 1. The average molecular weight is 285 g/mol. The van der Waals surface area contributed by atoms with Crippen LogP contribution in [0.1, 0.15) is 5.69 Å². The van der Waals surface area contributed by atoms with Crippen molar-refractivity contribution in [3.05, 3.63) is 27.9 Å². The highest BCUT2D eigenvalue weighted by Gasteiger charge is 2.20. The number of nitrogens with two attached hydrogens (primary N) is 1. The quantitative estimate of drug-likeness (QED) is 0.262. The van der Waals surface area contributed by atoms with E-state index in [1.54, 1.807) is 11.8 Å². The minimum absolute atomic E-state index is 0.138. The lowest BCUT2D eigenvalue weighted by Gasteiger charge is -2.17. The van der Waals surface area contributed by atoms with Crippen molar-refractivity contribution in [1.82, 2.24) is 4.98 Å². The zero-order chi connectivity index (χ0) is 14.4. The molecule has 1 heterocycles. The molecule has 0 bridgehead atoms. The molecule has 8 nitrogen and oxygen atoms in total. The van der Waals surface area contributed by atoms with Gasteiger partial charge in [-0.05, 0) is 12.3 Å². The smallest absolute Gasteiger partial charge is 0.298 e. The van der Waals surface area contributed by atoms with E-state index in [4.69, 9.17) is 10.9 Å². The number of amidine groups is 1. The maximum Gasteiger partial charge on any atom is 0.298 e. The molecular weight excluding hydrogens is 270 g/mol. The van der Waals surface area contributed by atoms with Crippen molar-refractivity contribution in [2.45, 2.75) is 0 Å². The van der Waals surface area contributed by atoms with E-state index in [0.717, 1.165) is 12.3 Å². The summed E-state index contributed by atoms with van der Waals surface area (Å²) in [4.78, 5) is 16.2. The summed E-state index contributed by atoms with van der Waals surface area (Å²) < 4.78 is 0. The summed E-state index contributed by atoms with van der Waals surface area (Å²) in [7, 11) is 1.82. The minimum Gasteiger partial charge on any atom is -0.409 e. The first-order valence-corrected chi connectivity index (χ1v) is 6.74. The van der Waals surface area contributed by atoms with Gasteiger partial charge in [-0.2, -0.15) is 11.8 Å². The van der Waals surface area contributed by atoms with E-state index in [2.05, 4.69) is 10.1 Å². The van der Waals surface area contributed by atoms with Crippen LogP contribution < -0.4 is 10.6 Å². The predicted molar refractivity (Wildman–Crippen MR) is 75.1 cm³/mol. The van der Waals surface area contributed by atoms with E-state index >= 15 is 0 Å². The zero-order valence-corrected chi connectivity index (χ0v) is 11.4. The van der Waals surface area contributed by atoms with Crippen LogP contribution in [-0.4, -0.2) is 46.6 Å². The Balaban J connectivity index is 3.15. The predicted octanol–water partition coefficient (Wildman–Crippen LogP) is 0.884. The highest BCUT2D eigenvalue weighted by atomic mass is 32.2. The van der Waals surface area contributed by atoms with Gasteiger partial charge in [0.25, 0.3) is 5.69 Å². The number of nitrogens with zero attached hydrogens (tertiary/aromatic N) is 4. The molecule has 0 aliphatic heterocycles. The first kappa shape index (κ1) is 15.0. The summed E-state index contributed by atoms with van der Waals surface area (Å²) in [5, 5.41) is 22.3. The third-order valence-corrected chi connectivity index (χ3v) is 3.02. The Morgan fingerprint density at radius 3 is 2.89 bits per heavy atom. The summed E-state index contributed by atoms with van der Waals surface area (Å²) in [5.74, 6) is 1.04. The van der Waals surface area contributed by atoms with E-state index in [9.17, 15) is 10.1 Å². The van der Waals surface area contributed by atoms with Gasteiger partial charge in [0, 0.05) is 25.4 Å². The van der Waals surface area contributed by atoms with E-state index in [1.165, 1.54) is 12.1 Å². The van der Waals surface area contributed by atoms with Gasteiger partial charge in [0.2, 0.25) is 0 Å². The summed E-state index contributed by atoms with van der Waals surface area (Å²) >= 11 is 1.68. The number of thioether (sulfide) groups is 1. The Bertz CT molecular complexity index is 494. The SMILES string of the molecule is CSCCN(C)c1ccc([N+](=O)[O-])c(/C(N)=N/O)n1. The molecule has 0 aliphatic rings. The van der Waals surface area contributed by atoms with Crippen molar-refractivity contribution in [3.63, 3.8) is 0 Å². The molecular formula is C10H15N5O3S. The Morgan fingerprint density at radius 1 is 1.68 bits per heavy atom. The van der Waals surface area contributed by atoms with E-state index < -0.39 is 4.92 Å². The van der Waals surface area contributed by atoms with Gasteiger partial charge in [-0.25, -0.2) is 4.98 Å². The molecule has 0 amide bonds. The molecule has 1 aromatic heterocycles. The van der Waals surface area contributed by atoms with Crippen LogP contribution in [0.2, 0.25) is 0 Å². The van der Waals surface area contributed by atoms with Crippen LogP contribution in [0.15, 0.2) is 17.3 Å². The van der Waals surface area contributed by atoms with Gasteiger partial charge in [0.1, 0.15) is 5.82 Å². The van der Waals surface area contributed by atoms with Crippen LogP contribution in [0, 0.1) is 10.1 Å². The Labute approximate surface area is 114 Å². The van der Waals surface area contributed by atoms with Gasteiger partial charge < -0.3 is 15.8 Å². The third kappa shape index (κ3) is 3.71. The van der Waals surface area contributed by atoms with Crippen LogP contribution in [0.5, 0.6) is 0 Å². The van der Waals surface area contributed by atoms with E-state index in [-0.39, 0.29) is 17.2 Å². The summed E-state index contributed by atoms with van der Waals surface area (Å²) in [6.45, 7) is 0.738. The summed E-state index contributed by atoms with van der Waals surface area (Å²) in [6, 6.07) is 2.83. The molecule has 0 radical (unpaired) electrons. The lowest BCUT2D eigenvalue weighted by Crippen LogP contribution is -2.24. The first-order valence-electron chi connectivity index (χ1n) is 5.34. The van der Waals surface area contributed by atoms with E-state index in [1.807, 2.05) is 18.2 Å².